The van der Waals surface area contributed by atoms with Crippen molar-refractivity contribution in [1.29, 1.82) is 0 Å². The number of Topliss-reactive ketones (excluding diaryl/α,β-unsaturated/α-hetero) is 1. The Morgan fingerprint density at radius 2 is 2.16 bits per heavy atom. The third-order valence-corrected chi connectivity index (χ3v) is 3.38. The van der Waals surface area contributed by atoms with Crippen LogP contribution in [-0.4, -0.2) is 30.9 Å². The fourth-order valence-electron chi connectivity index (χ4n) is 1.49. The molecule has 0 unspecified atom stereocenters. The summed E-state index contributed by atoms with van der Waals surface area (Å²) in [5.74, 6) is -0.0391. The maximum absolute atomic E-state index is 11.7. The van der Waals surface area contributed by atoms with E-state index in [0.717, 1.165) is 11.3 Å². The lowest BCUT2D eigenvalue weighted by Gasteiger charge is -2.08. The predicted molar refractivity (Wildman–Crippen MR) is 76.6 cm³/mol. The lowest BCUT2D eigenvalue weighted by atomic mass is 10.2. The number of thiophene rings is 1. The van der Waals surface area contributed by atoms with Gasteiger partial charge in [0.2, 0.25) is 5.91 Å². The van der Waals surface area contributed by atoms with Crippen LogP contribution < -0.4 is 5.32 Å². The van der Waals surface area contributed by atoms with E-state index in [4.69, 9.17) is 4.74 Å². The quantitative estimate of drug-likeness (QED) is 0.560. The van der Waals surface area contributed by atoms with E-state index >= 15 is 0 Å². The van der Waals surface area contributed by atoms with Gasteiger partial charge >= 0.3 is 0 Å². The molecule has 1 N–H and O–H groups in total. The van der Waals surface area contributed by atoms with E-state index in [1.807, 2.05) is 25.3 Å². The van der Waals surface area contributed by atoms with Crippen molar-refractivity contribution in [2.24, 2.45) is 0 Å². The molecule has 4 nitrogen and oxygen atoms in total. The first-order valence-corrected chi connectivity index (χ1v) is 7.42. The Morgan fingerprint density at radius 1 is 1.37 bits per heavy atom. The first-order chi connectivity index (χ1) is 9.09. The molecule has 0 aromatic carbocycles. The smallest absolute Gasteiger partial charge is 0.220 e. The van der Waals surface area contributed by atoms with Crippen LogP contribution in [0.3, 0.4) is 0 Å². The van der Waals surface area contributed by atoms with Crippen molar-refractivity contribution in [2.45, 2.75) is 39.2 Å². The highest BCUT2D eigenvalue weighted by atomic mass is 32.1. The van der Waals surface area contributed by atoms with Crippen molar-refractivity contribution in [2.75, 3.05) is 13.2 Å². The number of hydrogen-bond acceptors (Lipinski definition) is 4. The standard InChI is InChI=1S/C14H21NO3S/c1-11(2)18-9-4-8-15-14(17)7-6-12(16)13-5-3-10-19-13/h3,5,10-11H,4,6-9H2,1-2H3,(H,15,17). The number of ether oxygens (including phenoxy) is 1. The van der Waals surface area contributed by atoms with E-state index in [1.54, 1.807) is 6.07 Å². The van der Waals surface area contributed by atoms with Crippen LogP contribution in [0, 0.1) is 0 Å². The van der Waals surface area contributed by atoms with E-state index in [0.29, 0.717) is 13.2 Å². The molecule has 1 amide bonds. The zero-order valence-corrected chi connectivity index (χ0v) is 12.3. The van der Waals surface area contributed by atoms with E-state index in [2.05, 4.69) is 5.32 Å². The van der Waals surface area contributed by atoms with Gasteiger partial charge in [0.15, 0.2) is 5.78 Å². The van der Waals surface area contributed by atoms with Gasteiger partial charge in [-0.25, -0.2) is 0 Å². The highest BCUT2D eigenvalue weighted by Gasteiger charge is 2.09. The molecular formula is C14H21NO3S. The lowest BCUT2D eigenvalue weighted by molar-refractivity contribution is -0.121. The van der Waals surface area contributed by atoms with Gasteiger partial charge < -0.3 is 10.1 Å². The molecule has 0 spiro atoms. The van der Waals surface area contributed by atoms with Crippen molar-refractivity contribution in [3.05, 3.63) is 22.4 Å². The average Bonchev–Trinajstić information content (AvgIpc) is 2.89. The molecule has 1 aromatic heterocycles. The van der Waals surface area contributed by atoms with Crippen LogP contribution in [0.25, 0.3) is 0 Å². The van der Waals surface area contributed by atoms with Gasteiger partial charge in [-0.1, -0.05) is 6.07 Å². The molecule has 0 saturated heterocycles. The number of amides is 1. The first-order valence-electron chi connectivity index (χ1n) is 6.54. The second-order valence-corrected chi connectivity index (χ2v) is 5.47. The van der Waals surface area contributed by atoms with Crippen LogP contribution in [-0.2, 0) is 9.53 Å². The summed E-state index contributed by atoms with van der Waals surface area (Å²) in [4.78, 5) is 23.9. The van der Waals surface area contributed by atoms with Crippen LogP contribution in [0.4, 0.5) is 0 Å². The third-order valence-electron chi connectivity index (χ3n) is 2.47. The van der Waals surface area contributed by atoms with E-state index < -0.39 is 0 Å². The molecular weight excluding hydrogens is 262 g/mol. The second kappa shape index (κ2) is 8.82. The second-order valence-electron chi connectivity index (χ2n) is 4.52. The summed E-state index contributed by atoms with van der Waals surface area (Å²) in [6.45, 7) is 5.20. The van der Waals surface area contributed by atoms with Crippen molar-refractivity contribution >= 4 is 23.0 Å². The molecule has 0 aliphatic carbocycles. The molecule has 1 aromatic rings. The number of hydrogen-bond donors (Lipinski definition) is 1. The van der Waals surface area contributed by atoms with Gasteiger partial charge in [0.05, 0.1) is 11.0 Å². The average molecular weight is 283 g/mol. The van der Waals surface area contributed by atoms with Crippen molar-refractivity contribution in [3.8, 4) is 0 Å². The van der Waals surface area contributed by atoms with Crippen molar-refractivity contribution in [1.82, 2.24) is 5.32 Å². The minimum absolute atomic E-state index is 0.0355. The maximum atomic E-state index is 11.7. The summed E-state index contributed by atoms with van der Waals surface area (Å²) in [7, 11) is 0. The largest absolute Gasteiger partial charge is 0.379 e. The fraction of sp³-hybridized carbons (Fsp3) is 0.571. The Hall–Kier alpha value is -1.20. The predicted octanol–water partition coefficient (Wildman–Crippen LogP) is 2.64. The molecule has 0 fully saturated rings. The monoisotopic (exact) mass is 283 g/mol. The molecule has 0 atom stereocenters. The summed E-state index contributed by atoms with van der Waals surface area (Å²) in [6, 6.07) is 3.63. The number of rotatable bonds is 9. The highest BCUT2D eigenvalue weighted by molar-refractivity contribution is 7.12. The third kappa shape index (κ3) is 7.08. The minimum atomic E-state index is -0.0746. The lowest BCUT2D eigenvalue weighted by Crippen LogP contribution is -2.25. The van der Waals surface area contributed by atoms with Crippen molar-refractivity contribution < 1.29 is 14.3 Å². The summed E-state index contributed by atoms with van der Waals surface area (Å²) in [5.41, 5.74) is 0. The molecule has 1 heterocycles. The number of nitrogens with one attached hydrogen (secondary N) is 1. The molecule has 19 heavy (non-hydrogen) atoms. The Morgan fingerprint density at radius 3 is 2.79 bits per heavy atom. The van der Waals surface area contributed by atoms with Crippen molar-refractivity contribution in [3.63, 3.8) is 0 Å². The van der Waals surface area contributed by atoms with Crippen LogP contribution in [0.2, 0.25) is 0 Å². The summed E-state index contributed by atoms with van der Waals surface area (Å²) in [6.07, 6.45) is 1.54. The van der Waals surface area contributed by atoms with E-state index in [-0.39, 0.29) is 30.6 Å². The van der Waals surface area contributed by atoms with Crippen LogP contribution in [0.5, 0.6) is 0 Å². The summed E-state index contributed by atoms with van der Waals surface area (Å²) >= 11 is 1.41. The Kier molecular flexibility index (Phi) is 7.36. The Labute approximate surface area is 118 Å². The zero-order valence-electron chi connectivity index (χ0n) is 11.5. The summed E-state index contributed by atoms with van der Waals surface area (Å²) in [5, 5.41) is 4.65. The van der Waals surface area contributed by atoms with Crippen LogP contribution in [0.1, 0.15) is 42.8 Å². The summed E-state index contributed by atoms with van der Waals surface area (Å²) < 4.78 is 5.37. The van der Waals surface area contributed by atoms with Gasteiger partial charge in [-0.2, -0.15) is 0 Å². The normalized spacial score (nSPS) is 10.7. The van der Waals surface area contributed by atoms with E-state index in [9.17, 15) is 9.59 Å². The molecule has 5 heteroatoms. The molecule has 0 bridgehead atoms. The molecule has 106 valence electrons. The highest BCUT2D eigenvalue weighted by Crippen LogP contribution is 2.12. The van der Waals surface area contributed by atoms with Gasteiger partial charge in [0.1, 0.15) is 0 Å². The van der Waals surface area contributed by atoms with Crippen LogP contribution >= 0.6 is 11.3 Å². The minimum Gasteiger partial charge on any atom is -0.379 e. The van der Waals surface area contributed by atoms with Crippen LogP contribution in [0.15, 0.2) is 17.5 Å². The Balaban J connectivity index is 2.06. The first kappa shape index (κ1) is 15.9. The van der Waals surface area contributed by atoms with Gasteiger partial charge in [0, 0.05) is 26.0 Å². The molecule has 0 radical (unpaired) electrons. The number of carbonyl (C=O) groups is 2. The molecule has 0 saturated carbocycles. The topological polar surface area (TPSA) is 55.4 Å². The zero-order chi connectivity index (χ0) is 14.1. The number of ketones is 1. The Bertz CT molecular complexity index is 387. The SMILES string of the molecule is CC(C)OCCCNC(=O)CCC(=O)c1cccs1. The molecule has 0 aliphatic rings. The van der Waals surface area contributed by atoms with Gasteiger partial charge in [-0.3, -0.25) is 9.59 Å². The maximum Gasteiger partial charge on any atom is 0.220 e. The van der Waals surface area contributed by atoms with Gasteiger partial charge in [-0.05, 0) is 31.7 Å². The van der Waals surface area contributed by atoms with Gasteiger partial charge in [-0.15, -0.1) is 11.3 Å². The molecule has 1 rings (SSSR count). The van der Waals surface area contributed by atoms with E-state index in [1.165, 1.54) is 11.3 Å². The van der Waals surface area contributed by atoms with Gasteiger partial charge in [0.25, 0.3) is 0 Å². The molecule has 0 aliphatic heterocycles. The fourth-order valence-corrected chi connectivity index (χ4v) is 2.19. The number of carbonyl (C=O) groups excluding carboxylic acids is 2.